The number of rotatable bonds is 10. The zero-order valence-electron chi connectivity index (χ0n) is 18.3. The number of methoxy groups -OCH3 is 1. The molecular formula is C25H28BrNO5. The monoisotopic (exact) mass is 501 g/mol. The second kappa shape index (κ2) is 11.3. The van der Waals surface area contributed by atoms with Gasteiger partial charge < -0.3 is 19.5 Å². The summed E-state index contributed by atoms with van der Waals surface area (Å²) < 4.78 is 11.7. The Balaban J connectivity index is 2.03. The molecule has 1 fully saturated rings. The van der Waals surface area contributed by atoms with E-state index in [1.165, 1.54) is 4.90 Å². The van der Waals surface area contributed by atoms with Crippen LogP contribution in [0.4, 0.5) is 0 Å². The SMILES string of the molecule is CCCCOc1cccc(C(O)=C2C(=O)C(=O)N(CCCOC)C2c2ccc(Br)cc2)c1. The van der Waals surface area contributed by atoms with Crippen molar-refractivity contribution in [3.05, 3.63) is 69.7 Å². The maximum atomic E-state index is 13.0. The third-order valence-corrected chi connectivity index (χ3v) is 5.88. The highest BCUT2D eigenvalue weighted by Gasteiger charge is 2.45. The lowest BCUT2D eigenvalue weighted by Crippen LogP contribution is -2.31. The van der Waals surface area contributed by atoms with Crippen LogP contribution >= 0.6 is 15.9 Å². The molecule has 1 N–H and O–H groups in total. The van der Waals surface area contributed by atoms with Crippen LogP contribution in [0, 0.1) is 0 Å². The first kappa shape index (κ1) is 24.0. The van der Waals surface area contributed by atoms with E-state index in [0.717, 1.165) is 22.9 Å². The lowest BCUT2D eigenvalue weighted by atomic mass is 9.95. The number of amides is 1. The summed E-state index contributed by atoms with van der Waals surface area (Å²) in [5.74, 6) is -0.903. The van der Waals surface area contributed by atoms with Gasteiger partial charge in [-0.3, -0.25) is 9.59 Å². The van der Waals surface area contributed by atoms with Gasteiger partial charge in [-0.1, -0.05) is 53.5 Å². The maximum Gasteiger partial charge on any atom is 0.295 e. The van der Waals surface area contributed by atoms with Crippen LogP contribution in [0.5, 0.6) is 5.75 Å². The third kappa shape index (κ3) is 5.40. The summed E-state index contributed by atoms with van der Waals surface area (Å²) in [6.07, 6.45) is 2.52. The summed E-state index contributed by atoms with van der Waals surface area (Å²) in [4.78, 5) is 27.4. The fraction of sp³-hybridized carbons (Fsp3) is 0.360. The van der Waals surface area contributed by atoms with E-state index in [-0.39, 0.29) is 11.3 Å². The summed E-state index contributed by atoms with van der Waals surface area (Å²) in [7, 11) is 1.59. The molecule has 0 bridgehead atoms. The number of carbonyl (C=O) groups is 2. The summed E-state index contributed by atoms with van der Waals surface area (Å²) in [5.41, 5.74) is 1.28. The standard InChI is InChI=1S/C25H28BrNO5/c1-3-4-15-32-20-8-5-7-18(16-20)23(28)21-22(17-9-11-19(26)12-10-17)27(13-6-14-31-2)25(30)24(21)29/h5,7-12,16,22,28H,3-4,6,13-15H2,1-2H3. The Bertz CT molecular complexity index is 986. The number of unbranched alkanes of at least 4 members (excludes halogenated alkanes) is 1. The fourth-order valence-corrected chi connectivity index (χ4v) is 3.97. The summed E-state index contributed by atoms with van der Waals surface area (Å²) in [5, 5.41) is 11.2. The molecule has 0 aliphatic carbocycles. The van der Waals surface area contributed by atoms with Gasteiger partial charge in [-0.05, 0) is 42.7 Å². The second-order valence-electron chi connectivity index (χ2n) is 7.62. The van der Waals surface area contributed by atoms with Crippen molar-refractivity contribution < 1.29 is 24.2 Å². The van der Waals surface area contributed by atoms with Gasteiger partial charge in [-0.25, -0.2) is 0 Å². The van der Waals surface area contributed by atoms with Crippen molar-refractivity contribution >= 4 is 33.4 Å². The summed E-state index contributed by atoms with van der Waals surface area (Å²) in [6, 6.07) is 13.7. The molecule has 170 valence electrons. The molecule has 2 aromatic rings. The number of nitrogens with zero attached hydrogens (tertiary/aromatic N) is 1. The van der Waals surface area contributed by atoms with E-state index in [9.17, 15) is 14.7 Å². The molecule has 1 unspecified atom stereocenters. The first-order valence-electron chi connectivity index (χ1n) is 10.7. The number of hydrogen-bond acceptors (Lipinski definition) is 5. The van der Waals surface area contributed by atoms with Crippen LogP contribution in [0.15, 0.2) is 58.6 Å². The van der Waals surface area contributed by atoms with Crippen molar-refractivity contribution in [3.8, 4) is 5.75 Å². The highest BCUT2D eigenvalue weighted by molar-refractivity contribution is 9.10. The molecule has 1 atom stereocenters. The maximum absolute atomic E-state index is 13.0. The minimum atomic E-state index is -0.690. The summed E-state index contributed by atoms with van der Waals surface area (Å²) in [6.45, 7) is 3.46. The number of carbonyl (C=O) groups excluding carboxylic acids is 2. The fourth-order valence-electron chi connectivity index (χ4n) is 3.70. The van der Waals surface area contributed by atoms with Gasteiger partial charge in [0.1, 0.15) is 11.5 Å². The molecule has 3 rings (SSSR count). The van der Waals surface area contributed by atoms with E-state index in [0.29, 0.717) is 37.5 Å². The minimum Gasteiger partial charge on any atom is -0.507 e. The number of aliphatic hydroxyl groups excluding tert-OH is 1. The molecule has 1 heterocycles. The molecular weight excluding hydrogens is 474 g/mol. The van der Waals surface area contributed by atoms with Crippen molar-refractivity contribution in [2.24, 2.45) is 0 Å². The van der Waals surface area contributed by atoms with Crippen molar-refractivity contribution in [2.45, 2.75) is 32.2 Å². The van der Waals surface area contributed by atoms with Crippen LogP contribution in [-0.4, -0.2) is 48.6 Å². The number of halogens is 1. The van der Waals surface area contributed by atoms with Gasteiger partial charge in [-0.15, -0.1) is 0 Å². The predicted octanol–water partition coefficient (Wildman–Crippen LogP) is 5.09. The molecule has 0 radical (unpaired) electrons. The number of ketones is 1. The smallest absolute Gasteiger partial charge is 0.295 e. The number of aliphatic hydroxyl groups is 1. The number of hydrogen-bond donors (Lipinski definition) is 1. The molecule has 0 aromatic heterocycles. The highest BCUT2D eigenvalue weighted by Crippen LogP contribution is 2.40. The molecule has 1 aliphatic rings. The molecule has 2 aromatic carbocycles. The zero-order valence-corrected chi connectivity index (χ0v) is 19.9. The van der Waals surface area contributed by atoms with Gasteiger partial charge >= 0.3 is 0 Å². The van der Waals surface area contributed by atoms with Gasteiger partial charge in [0.15, 0.2) is 0 Å². The topological polar surface area (TPSA) is 76.1 Å². The van der Waals surface area contributed by atoms with Gasteiger partial charge in [0.05, 0.1) is 18.2 Å². The Kier molecular flexibility index (Phi) is 8.47. The highest BCUT2D eigenvalue weighted by atomic mass is 79.9. The Labute approximate surface area is 197 Å². The molecule has 32 heavy (non-hydrogen) atoms. The van der Waals surface area contributed by atoms with Crippen molar-refractivity contribution in [1.29, 1.82) is 0 Å². The van der Waals surface area contributed by atoms with Crippen molar-refractivity contribution in [3.63, 3.8) is 0 Å². The van der Waals surface area contributed by atoms with E-state index < -0.39 is 17.7 Å². The van der Waals surface area contributed by atoms with E-state index in [1.54, 1.807) is 25.3 Å². The Morgan fingerprint density at radius 3 is 2.53 bits per heavy atom. The number of likely N-dealkylation sites (tertiary alicyclic amines) is 1. The Hall–Kier alpha value is -2.64. The first-order chi connectivity index (χ1) is 15.5. The normalized spacial score (nSPS) is 17.7. The van der Waals surface area contributed by atoms with Gasteiger partial charge in [0, 0.05) is 30.3 Å². The molecule has 7 heteroatoms. The Morgan fingerprint density at radius 2 is 1.84 bits per heavy atom. The zero-order chi connectivity index (χ0) is 23.1. The van der Waals surface area contributed by atoms with Crippen molar-refractivity contribution in [2.75, 3.05) is 26.9 Å². The van der Waals surface area contributed by atoms with Crippen LogP contribution in [0.3, 0.4) is 0 Å². The van der Waals surface area contributed by atoms with Gasteiger partial charge in [0.2, 0.25) is 0 Å². The predicted molar refractivity (Wildman–Crippen MR) is 126 cm³/mol. The van der Waals surface area contributed by atoms with Crippen molar-refractivity contribution in [1.82, 2.24) is 4.90 Å². The van der Waals surface area contributed by atoms with E-state index in [4.69, 9.17) is 9.47 Å². The molecule has 1 aliphatic heterocycles. The lowest BCUT2D eigenvalue weighted by Gasteiger charge is -2.25. The van der Waals surface area contributed by atoms with Crippen LogP contribution < -0.4 is 4.74 Å². The first-order valence-corrected chi connectivity index (χ1v) is 11.5. The molecule has 0 spiro atoms. The lowest BCUT2D eigenvalue weighted by molar-refractivity contribution is -0.140. The quantitative estimate of drug-likeness (QED) is 0.212. The average molecular weight is 502 g/mol. The molecule has 1 saturated heterocycles. The molecule has 0 saturated carbocycles. The second-order valence-corrected chi connectivity index (χ2v) is 8.54. The minimum absolute atomic E-state index is 0.0837. The summed E-state index contributed by atoms with van der Waals surface area (Å²) >= 11 is 3.42. The number of benzene rings is 2. The van der Waals surface area contributed by atoms with E-state index >= 15 is 0 Å². The van der Waals surface area contributed by atoms with Gasteiger partial charge in [-0.2, -0.15) is 0 Å². The van der Waals surface area contributed by atoms with E-state index in [1.807, 2.05) is 30.3 Å². The van der Waals surface area contributed by atoms with Crippen LogP contribution in [0.2, 0.25) is 0 Å². The third-order valence-electron chi connectivity index (χ3n) is 5.35. The van der Waals surface area contributed by atoms with E-state index in [2.05, 4.69) is 22.9 Å². The average Bonchev–Trinajstić information content (AvgIpc) is 3.05. The molecule has 6 nitrogen and oxygen atoms in total. The van der Waals surface area contributed by atoms with Gasteiger partial charge in [0.25, 0.3) is 11.7 Å². The van der Waals surface area contributed by atoms with Crippen LogP contribution in [0.25, 0.3) is 5.76 Å². The number of Topliss-reactive ketones (excluding diaryl/α,β-unsaturated/α-hetero) is 1. The Morgan fingerprint density at radius 1 is 1.09 bits per heavy atom. The largest absolute Gasteiger partial charge is 0.507 e. The molecule has 1 amide bonds. The van der Waals surface area contributed by atoms with Crippen LogP contribution in [0.1, 0.15) is 43.4 Å². The number of ether oxygens (including phenoxy) is 2. The van der Waals surface area contributed by atoms with Crippen LogP contribution in [-0.2, 0) is 14.3 Å².